The van der Waals surface area contributed by atoms with Crippen LogP contribution in [0.2, 0.25) is 5.02 Å². The van der Waals surface area contributed by atoms with Crippen LogP contribution in [0.3, 0.4) is 0 Å². The highest BCUT2D eigenvalue weighted by molar-refractivity contribution is 8.00. The van der Waals surface area contributed by atoms with Gasteiger partial charge in [-0.25, -0.2) is 4.79 Å². The van der Waals surface area contributed by atoms with Gasteiger partial charge >= 0.3 is 12.1 Å². The Morgan fingerprint density at radius 2 is 1.43 bits per heavy atom. The molecule has 3 N–H and O–H groups in total. The van der Waals surface area contributed by atoms with E-state index in [0.717, 1.165) is 23.9 Å². The monoisotopic (exact) mass is 634 g/mol. The van der Waals surface area contributed by atoms with Crippen molar-refractivity contribution < 1.29 is 32.7 Å². The second kappa shape index (κ2) is 12.8. The largest absolute Gasteiger partial charge is 0.478 e. The molecule has 5 aromatic carbocycles. The molecule has 5 rings (SSSR count). The van der Waals surface area contributed by atoms with Crippen LogP contribution in [0.15, 0.2) is 114 Å². The zero-order valence-electron chi connectivity index (χ0n) is 22.6. The van der Waals surface area contributed by atoms with Crippen molar-refractivity contribution in [1.82, 2.24) is 0 Å². The summed E-state index contributed by atoms with van der Waals surface area (Å²) in [6.07, 6.45) is -4.73. The molecule has 0 aliphatic carbocycles. The number of carbonyl (C=O) groups is 3. The predicted octanol–water partition coefficient (Wildman–Crippen LogP) is 8.93. The highest BCUT2D eigenvalue weighted by Crippen LogP contribution is 2.40. The van der Waals surface area contributed by atoms with Gasteiger partial charge in [0.25, 0.3) is 5.91 Å². The molecule has 0 aliphatic rings. The van der Waals surface area contributed by atoms with Gasteiger partial charge in [-0.2, -0.15) is 13.2 Å². The lowest BCUT2D eigenvalue weighted by molar-refractivity contribution is -0.137. The first kappa shape index (κ1) is 30.7. The molecule has 11 heteroatoms. The molecule has 5 aromatic rings. The summed E-state index contributed by atoms with van der Waals surface area (Å²) in [5.74, 6) is -2.33. The molecule has 0 saturated heterocycles. The molecule has 0 aromatic heterocycles. The van der Waals surface area contributed by atoms with Crippen LogP contribution < -0.4 is 10.6 Å². The number of aromatic carboxylic acids is 1. The molecule has 222 valence electrons. The quantitative estimate of drug-likeness (QED) is 0.148. The van der Waals surface area contributed by atoms with E-state index in [0.29, 0.717) is 26.9 Å². The molecule has 0 saturated carbocycles. The average Bonchev–Trinajstić information content (AvgIpc) is 3.00. The lowest BCUT2D eigenvalue weighted by atomic mass is 9.98. The smallest absolute Gasteiger partial charge is 0.418 e. The van der Waals surface area contributed by atoms with E-state index >= 15 is 0 Å². The molecule has 0 aliphatic heterocycles. The third kappa shape index (κ3) is 6.88. The number of thioether (sulfide) groups is 1. The minimum absolute atomic E-state index is 0.00572. The molecule has 0 radical (unpaired) electrons. The van der Waals surface area contributed by atoms with Crippen molar-refractivity contribution in [1.29, 1.82) is 0 Å². The average molecular weight is 635 g/mol. The van der Waals surface area contributed by atoms with Crippen LogP contribution in [0, 0.1) is 0 Å². The fraction of sp³-hybridized carbons (Fsp3) is 0.0606. The van der Waals surface area contributed by atoms with Crippen molar-refractivity contribution >= 4 is 63.3 Å². The second-order valence-electron chi connectivity index (χ2n) is 9.58. The van der Waals surface area contributed by atoms with Gasteiger partial charge < -0.3 is 15.7 Å². The normalized spacial score (nSPS) is 12.0. The van der Waals surface area contributed by atoms with Crippen molar-refractivity contribution in [2.75, 3.05) is 10.6 Å². The number of hydrogen-bond donors (Lipinski definition) is 3. The fourth-order valence-corrected chi connectivity index (χ4v) is 5.82. The first-order valence-corrected chi connectivity index (χ1v) is 14.3. The van der Waals surface area contributed by atoms with Crippen LogP contribution in [0.5, 0.6) is 0 Å². The number of amides is 2. The van der Waals surface area contributed by atoms with Crippen LogP contribution in [-0.2, 0) is 11.0 Å². The first-order valence-electron chi connectivity index (χ1n) is 13.1. The van der Waals surface area contributed by atoms with E-state index in [2.05, 4.69) is 10.6 Å². The lowest BCUT2D eigenvalue weighted by Gasteiger charge is -2.19. The standard InChI is InChI=1S/C33H22ClF3N2O4S/c34-21-12-17-27(26(18-21)33(35,36)37)39-31(41)29(20-6-2-1-3-7-20)44-23-15-13-22(14-16-23)38-30(40)24-10-4-8-19-9-5-11-25(28(19)24)32(42)43/h1-18,29H,(H,38,40)(H,39,41)(H,42,43). The van der Waals surface area contributed by atoms with Gasteiger partial charge in [0.2, 0.25) is 5.91 Å². The Morgan fingerprint density at radius 3 is 2.07 bits per heavy atom. The maximum atomic E-state index is 13.6. The number of benzene rings is 5. The third-order valence-corrected chi connectivity index (χ3v) is 8.13. The van der Waals surface area contributed by atoms with Crippen LogP contribution in [-0.4, -0.2) is 22.9 Å². The van der Waals surface area contributed by atoms with Crippen LogP contribution in [0.25, 0.3) is 10.8 Å². The number of carboxylic acid groups (broad SMARTS) is 1. The van der Waals surface area contributed by atoms with Crippen molar-refractivity contribution in [3.05, 3.63) is 136 Å². The van der Waals surface area contributed by atoms with Gasteiger partial charge in [0.15, 0.2) is 0 Å². The number of alkyl halides is 3. The highest BCUT2D eigenvalue weighted by Gasteiger charge is 2.35. The maximum Gasteiger partial charge on any atom is 0.418 e. The van der Waals surface area contributed by atoms with Crippen molar-refractivity contribution in [3.8, 4) is 0 Å². The molecule has 1 atom stereocenters. The molecule has 0 heterocycles. The number of nitrogens with one attached hydrogen (secondary N) is 2. The molecular formula is C33H22ClF3N2O4S. The number of anilines is 2. The van der Waals surface area contributed by atoms with Crippen molar-refractivity contribution in [2.24, 2.45) is 0 Å². The first-order chi connectivity index (χ1) is 21.0. The number of rotatable bonds is 8. The van der Waals surface area contributed by atoms with Gasteiger partial charge in [-0.3, -0.25) is 9.59 Å². The summed E-state index contributed by atoms with van der Waals surface area (Å²) in [5.41, 5.74) is -0.282. The van der Waals surface area contributed by atoms with E-state index in [1.807, 2.05) is 0 Å². The van der Waals surface area contributed by atoms with E-state index in [-0.39, 0.29) is 16.1 Å². The van der Waals surface area contributed by atoms with Gasteiger partial charge in [0.1, 0.15) is 5.25 Å². The Labute approximate surface area is 258 Å². The zero-order chi connectivity index (χ0) is 31.4. The molecule has 0 bridgehead atoms. The zero-order valence-corrected chi connectivity index (χ0v) is 24.1. The van der Waals surface area contributed by atoms with Gasteiger partial charge in [0, 0.05) is 26.6 Å². The topological polar surface area (TPSA) is 95.5 Å². The minimum Gasteiger partial charge on any atom is -0.478 e. The summed E-state index contributed by atoms with van der Waals surface area (Å²) in [5, 5.41) is 14.7. The second-order valence-corrected chi connectivity index (χ2v) is 11.2. The lowest BCUT2D eigenvalue weighted by Crippen LogP contribution is -2.21. The molecule has 2 amide bonds. The molecular weight excluding hydrogens is 613 g/mol. The van der Waals surface area contributed by atoms with Gasteiger partial charge in [0.05, 0.1) is 16.8 Å². The van der Waals surface area contributed by atoms with E-state index in [1.165, 1.54) is 12.1 Å². The van der Waals surface area contributed by atoms with Gasteiger partial charge in [-0.15, -0.1) is 11.8 Å². The molecule has 0 fully saturated rings. The number of fused-ring (bicyclic) bond motifs is 1. The number of carbonyl (C=O) groups excluding carboxylic acids is 2. The number of carboxylic acids is 1. The summed E-state index contributed by atoms with van der Waals surface area (Å²) in [6, 6.07) is 28.0. The summed E-state index contributed by atoms with van der Waals surface area (Å²) < 4.78 is 40.9. The summed E-state index contributed by atoms with van der Waals surface area (Å²) >= 11 is 6.90. The van der Waals surface area contributed by atoms with E-state index in [4.69, 9.17) is 11.6 Å². The van der Waals surface area contributed by atoms with Crippen molar-refractivity contribution in [3.63, 3.8) is 0 Å². The van der Waals surface area contributed by atoms with E-state index in [9.17, 15) is 32.7 Å². The SMILES string of the molecule is O=C(O)c1cccc2cccc(C(=O)Nc3ccc(SC(C(=O)Nc4ccc(Cl)cc4C(F)(F)F)c4ccccc4)cc3)c12. The summed E-state index contributed by atoms with van der Waals surface area (Å²) in [7, 11) is 0. The van der Waals surface area contributed by atoms with Crippen LogP contribution in [0.1, 0.15) is 37.1 Å². The minimum atomic E-state index is -4.73. The fourth-order valence-electron chi connectivity index (χ4n) is 4.62. The third-order valence-electron chi connectivity index (χ3n) is 6.63. The van der Waals surface area contributed by atoms with E-state index < -0.39 is 40.5 Å². The number of halogens is 4. The summed E-state index contributed by atoms with van der Waals surface area (Å²) in [6.45, 7) is 0. The molecule has 6 nitrogen and oxygen atoms in total. The highest BCUT2D eigenvalue weighted by atomic mass is 35.5. The Balaban J connectivity index is 1.37. The van der Waals surface area contributed by atoms with Crippen molar-refractivity contribution in [2.45, 2.75) is 16.3 Å². The molecule has 0 spiro atoms. The number of hydrogen-bond acceptors (Lipinski definition) is 4. The summed E-state index contributed by atoms with van der Waals surface area (Å²) in [4.78, 5) is 39.0. The molecule has 1 unspecified atom stereocenters. The van der Waals surface area contributed by atoms with Gasteiger partial charge in [-0.1, -0.05) is 66.2 Å². The Morgan fingerprint density at radius 1 is 0.773 bits per heavy atom. The molecule has 44 heavy (non-hydrogen) atoms. The Kier molecular flexibility index (Phi) is 8.93. The van der Waals surface area contributed by atoms with Crippen LogP contribution in [0.4, 0.5) is 24.5 Å². The maximum absolute atomic E-state index is 13.6. The van der Waals surface area contributed by atoms with Crippen LogP contribution >= 0.6 is 23.4 Å². The Hall–Kier alpha value is -4.80. The Bertz CT molecular complexity index is 1860. The van der Waals surface area contributed by atoms with Gasteiger partial charge in [-0.05, 0) is 65.5 Å². The predicted molar refractivity (Wildman–Crippen MR) is 165 cm³/mol. The van der Waals surface area contributed by atoms with E-state index in [1.54, 1.807) is 84.9 Å².